The van der Waals surface area contributed by atoms with Gasteiger partial charge in [-0.3, -0.25) is 4.79 Å². The molecule has 1 aliphatic heterocycles. The Labute approximate surface area is 148 Å². The molecule has 1 aliphatic rings. The van der Waals surface area contributed by atoms with Gasteiger partial charge in [0, 0.05) is 18.8 Å². The topological polar surface area (TPSA) is 142 Å². The number of nitrogens with one attached hydrogen (secondary N) is 3. The number of pyridine rings is 1. The highest BCUT2D eigenvalue weighted by molar-refractivity contribution is 5.98. The standard InChI is InChI=1S/C16H17FN8O/c17-11-8-20-2-1-12(11)24-13-3-14(21-7-10(13)15(19)26)25-16-22-5-9(4-18)6-23-16/h3,5-7,11-12,20H,1-2,8H2,(H2,19,26)(H2,21,22,23,24,25)/t11-,12+/m0/s1. The molecule has 0 bridgehead atoms. The molecule has 3 rings (SSSR count). The van der Waals surface area contributed by atoms with Crippen molar-refractivity contribution in [3.8, 4) is 6.07 Å². The van der Waals surface area contributed by atoms with Crippen molar-refractivity contribution in [2.75, 3.05) is 23.7 Å². The van der Waals surface area contributed by atoms with Crippen molar-refractivity contribution in [1.29, 1.82) is 5.26 Å². The summed E-state index contributed by atoms with van der Waals surface area (Å²) in [6.07, 6.45) is 3.54. The van der Waals surface area contributed by atoms with Crippen LogP contribution in [0.4, 0.5) is 21.8 Å². The summed E-state index contributed by atoms with van der Waals surface area (Å²) in [5.41, 5.74) is 6.27. The average Bonchev–Trinajstić information content (AvgIpc) is 2.64. The third-order valence-corrected chi connectivity index (χ3v) is 3.94. The van der Waals surface area contributed by atoms with Crippen LogP contribution in [0, 0.1) is 11.3 Å². The van der Waals surface area contributed by atoms with Crippen molar-refractivity contribution in [1.82, 2.24) is 20.3 Å². The van der Waals surface area contributed by atoms with E-state index in [1.165, 1.54) is 18.6 Å². The van der Waals surface area contributed by atoms with Crippen LogP contribution in [0.5, 0.6) is 0 Å². The maximum Gasteiger partial charge on any atom is 0.252 e. The lowest BCUT2D eigenvalue weighted by Gasteiger charge is -2.29. The van der Waals surface area contributed by atoms with Gasteiger partial charge in [-0.05, 0) is 13.0 Å². The molecule has 0 unspecified atom stereocenters. The fourth-order valence-corrected chi connectivity index (χ4v) is 2.59. The van der Waals surface area contributed by atoms with Crippen molar-refractivity contribution >= 4 is 23.4 Å². The Bertz CT molecular complexity index is 835. The first-order valence-electron chi connectivity index (χ1n) is 7.97. The molecule has 1 amide bonds. The van der Waals surface area contributed by atoms with E-state index in [-0.39, 0.29) is 18.1 Å². The van der Waals surface area contributed by atoms with Crippen molar-refractivity contribution in [2.24, 2.45) is 5.73 Å². The molecule has 9 nitrogen and oxygen atoms in total. The maximum atomic E-state index is 14.1. The summed E-state index contributed by atoms with van der Waals surface area (Å²) in [6.45, 7) is 0.929. The molecule has 2 aromatic heterocycles. The third kappa shape index (κ3) is 4.01. The van der Waals surface area contributed by atoms with Crippen LogP contribution in [-0.4, -0.2) is 46.2 Å². The first-order valence-corrected chi connectivity index (χ1v) is 7.97. The predicted molar refractivity (Wildman–Crippen MR) is 92.6 cm³/mol. The lowest BCUT2D eigenvalue weighted by atomic mass is 10.0. The second kappa shape index (κ2) is 7.71. The van der Waals surface area contributed by atoms with Gasteiger partial charge in [0.2, 0.25) is 5.95 Å². The summed E-state index contributed by atoms with van der Waals surface area (Å²) in [6, 6.07) is 3.04. The number of hydrogen-bond donors (Lipinski definition) is 4. The van der Waals surface area contributed by atoms with E-state index in [1.807, 2.05) is 6.07 Å². The molecule has 26 heavy (non-hydrogen) atoms. The molecule has 0 aromatic carbocycles. The SMILES string of the molecule is N#Cc1cnc(Nc2cc(N[C@@H]3CCNC[C@@H]3F)c(C(N)=O)cn2)nc1. The smallest absolute Gasteiger partial charge is 0.252 e. The highest BCUT2D eigenvalue weighted by atomic mass is 19.1. The number of carbonyl (C=O) groups is 1. The Morgan fingerprint density at radius 1 is 1.35 bits per heavy atom. The van der Waals surface area contributed by atoms with E-state index < -0.39 is 18.1 Å². The van der Waals surface area contributed by atoms with Crippen LogP contribution >= 0.6 is 0 Å². The summed E-state index contributed by atoms with van der Waals surface area (Å²) in [5, 5.41) is 17.6. The number of rotatable bonds is 5. The van der Waals surface area contributed by atoms with Gasteiger partial charge in [0.05, 0.1) is 35.2 Å². The van der Waals surface area contributed by atoms with E-state index in [0.29, 0.717) is 30.0 Å². The monoisotopic (exact) mass is 356 g/mol. The highest BCUT2D eigenvalue weighted by Gasteiger charge is 2.25. The van der Waals surface area contributed by atoms with Gasteiger partial charge >= 0.3 is 0 Å². The number of nitrogens with two attached hydrogens (primary N) is 1. The molecule has 0 saturated carbocycles. The molecule has 2 atom stereocenters. The minimum atomic E-state index is -1.09. The van der Waals surface area contributed by atoms with E-state index in [2.05, 4.69) is 30.9 Å². The van der Waals surface area contributed by atoms with E-state index in [4.69, 9.17) is 11.0 Å². The molecule has 10 heteroatoms. The molecule has 0 spiro atoms. The number of alkyl halides is 1. The number of piperidine rings is 1. The molecule has 5 N–H and O–H groups in total. The van der Waals surface area contributed by atoms with Gasteiger partial charge in [0.25, 0.3) is 5.91 Å². The third-order valence-electron chi connectivity index (χ3n) is 3.94. The fourth-order valence-electron chi connectivity index (χ4n) is 2.59. The molecule has 1 saturated heterocycles. The van der Waals surface area contributed by atoms with Gasteiger partial charge in [0.1, 0.15) is 18.1 Å². The molecule has 1 fully saturated rings. The Balaban J connectivity index is 1.83. The van der Waals surface area contributed by atoms with Crippen LogP contribution in [0.2, 0.25) is 0 Å². The highest BCUT2D eigenvalue weighted by Crippen LogP contribution is 2.23. The van der Waals surface area contributed by atoms with Gasteiger partial charge in [-0.1, -0.05) is 0 Å². The largest absolute Gasteiger partial charge is 0.378 e. The summed E-state index contributed by atoms with van der Waals surface area (Å²) in [7, 11) is 0. The number of anilines is 3. The first kappa shape index (κ1) is 17.5. The minimum Gasteiger partial charge on any atom is -0.378 e. The Hall–Kier alpha value is -3.32. The fraction of sp³-hybridized carbons (Fsp3) is 0.312. The zero-order valence-electron chi connectivity index (χ0n) is 13.7. The molecular weight excluding hydrogens is 339 g/mol. The zero-order chi connectivity index (χ0) is 18.5. The normalized spacial score (nSPS) is 19.4. The first-order chi connectivity index (χ1) is 12.6. The maximum absolute atomic E-state index is 14.1. The predicted octanol–water partition coefficient (Wildman–Crippen LogP) is 0.698. The summed E-state index contributed by atoms with van der Waals surface area (Å²) in [4.78, 5) is 23.7. The second-order valence-corrected chi connectivity index (χ2v) is 5.77. The van der Waals surface area contributed by atoms with Gasteiger partial charge < -0.3 is 21.7 Å². The van der Waals surface area contributed by atoms with E-state index in [0.717, 1.165) is 0 Å². The molecule has 2 aromatic rings. The molecular formula is C16H17FN8O. The summed E-state index contributed by atoms with van der Waals surface area (Å²) < 4.78 is 14.1. The average molecular weight is 356 g/mol. The van der Waals surface area contributed by atoms with Crippen molar-refractivity contribution in [3.05, 3.63) is 35.8 Å². The molecule has 3 heterocycles. The number of aromatic nitrogens is 3. The zero-order valence-corrected chi connectivity index (χ0v) is 13.7. The van der Waals surface area contributed by atoms with Crippen molar-refractivity contribution in [3.63, 3.8) is 0 Å². The molecule has 134 valence electrons. The van der Waals surface area contributed by atoms with Crippen molar-refractivity contribution in [2.45, 2.75) is 18.6 Å². The molecule has 0 aliphatic carbocycles. The number of amides is 1. The lowest BCUT2D eigenvalue weighted by Crippen LogP contribution is -2.45. The number of nitrogens with zero attached hydrogens (tertiary/aromatic N) is 4. The second-order valence-electron chi connectivity index (χ2n) is 5.77. The van der Waals surface area contributed by atoms with Crippen LogP contribution in [-0.2, 0) is 0 Å². The Kier molecular flexibility index (Phi) is 5.19. The van der Waals surface area contributed by atoms with Gasteiger partial charge in [-0.2, -0.15) is 5.26 Å². The number of carbonyl (C=O) groups excluding carboxylic acids is 1. The van der Waals surface area contributed by atoms with Crippen LogP contribution in [0.3, 0.4) is 0 Å². The minimum absolute atomic E-state index is 0.169. The lowest BCUT2D eigenvalue weighted by molar-refractivity contribution is 0.100. The van der Waals surface area contributed by atoms with Crippen LogP contribution < -0.4 is 21.7 Å². The van der Waals surface area contributed by atoms with Crippen LogP contribution in [0.15, 0.2) is 24.7 Å². The summed E-state index contributed by atoms with van der Waals surface area (Å²) >= 11 is 0. The van der Waals surface area contributed by atoms with E-state index in [1.54, 1.807) is 6.07 Å². The Morgan fingerprint density at radius 3 is 2.77 bits per heavy atom. The van der Waals surface area contributed by atoms with Crippen LogP contribution in [0.25, 0.3) is 0 Å². The number of halogens is 1. The van der Waals surface area contributed by atoms with Crippen molar-refractivity contribution < 1.29 is 9.18 Å². The molecule has 0 radical (unpaired) electrons. The van der Waals surface area contributed by atoms with Gasteiger partial charge in [-0.15, -0.1) is 0 Å². The number of hydrogen-bond acceptors (Lipinski definition) is 8. The summed E-state index contributed by atoms with van der Waals surface area (Å²) in [5.74, 6) is -0.0726. The van der Waals surface area contributed by atoms with Gasteiger partial charge in [0.15, 0.2) is 0 Å². The number of primary amides is 1. The number of nitriles is 1. The van der Waals surface area contributed by atoms with Gasteiger partial charge in [-0.25, -0.2) is 19.3 Å². The van der Waals surface area contributed by atoms with Crippen LogP contribution in [0.1, 0.15) is 22.3 Å². The van der Waals surface area contributed by atoms with E-state index in [9.17, 15) is 9.18 Å². The Morgan fingerprint density at radius 2 is 2.12 bits per heavy atom. The van der Waals surface area contributed by atoms with E-state index >= 15 is 0 Å². The quantitative estimate of drug-likeness (QED) is 0.613.